The van der Waals surface area contributed by atoms with Gasteiger partial charge in [0.2, 0.25) is 5.89 Å². The molecule has 1 aromatic carbocycles. The zero-order valence-corrected chi connectivity index (χ0v) is 15.2. The second kappa shape index (κ2) is 7.47. The molecule has 0 spiro atoms. The van der Waals surface area contributed by atoms with E-state index in [-0.39, 0.29) is 0 Å². The first-order chi connectivity index (χ1) is 11.5. The predicted octanol–water partition coefficient (Wildman–Crippen LogP) is 4.31. The lowest BCUT2D eigenvalue weighted by molar-refractivity contribution is 0.198. The van der Waals surface area contributed by atoms with Gasteiger partial charge in [0, 0.05) is 6.42 Å². The molecule has 1 atom stereocenters. The number of benzene rings is 1. The third-order valence-corrected chi connectivity index (χ3v) is 5.12. The second-order valence-electron chi connectivity index (χ2n) is 8.04. The fourth-order valence-corrected chi connectivity index (χ4v) is 3.58. The van der Waals surface area contributed by atoms with Gasteiger partial charge < -0.3 is 4.52 Å². The number of likely N-dealkylation sites (tertiary alicyclic amines) is 1. The molecule has 1 fully saturated rings. The molecule has 0 aliphatic carbocycles. The Balaban J connectivity index is 1.55. The van der Waals surface area contributed by atoms with Crippen LogP contribution in [0.4, 0.5) is 0 Å². The lowest BCUT2D eigenvalue weighted by Gasteiger charge is -2.29. The molecule has 0 saturated carbocycles. The highest BCUT2D eigenvalue weighted by atomic mass is 16.5. The molecule has 24 heavy (non-hydrogen) atoms. The first-order valence-corrected chi connectivity index (χ1v) is 9.08. The third kappa shape index (κ3) is 4.67. The Labute approximate surface area is 145 Å². The molecule has 1 aliphatic rings. The van der Waals surface area contributed by atoms with Crippen molar-refractivity contribution in [2.45, 2.75) is 53.0 Å². The van der Waals surface area contributed by atoms with Crippen LogP contribution in [0.2, 0.25) is 0 Å². The molecule has 3 rings (SSSR count). The Morgan fingerprint density at radius 2 is 1.92 bits per heavy atom. The molecule has 0 radical (unpaired) electrons. The minimum atomic E-state index is 0.406. The van der Waals surface area contributed by atoms with Crippen LogP contribution >= 0.6 is 0 Å². The van der Waals surface area contributed by atoms with Crippen LogP contribution in [-0.4, -0.2) is 28.1 Å². The van der Waals surface area contributed by atoms with E-state index in [1.54, 1.807) is 0 Å². The maximum absolute atomic E-state index is 5.47. The molecule has 1 unspecified atom stereocenters. The van der Waals surface area contributed by atoms with Crippen molar-refractivity contribution < 1.29 is 4.52 Å². The summed E-state index contributed by atoms with van der Waals surface area (Å²) in [6.07, 6.45) is 4.57. The Morgan fingerprint density at radius 3 is 2.67 bits per heavy atom. The van der Waals surface area contributed by atoms with Crippen LogP contribution in [0.5, 0.6) is 0 Å². The maximum atomic E-state index is 5.47. The molecule has 4 heteroatoms. The topological polar surface area (TPSA) is 42.2 Å². The third-order valence-electron chi connectivity index (χ3n) is 5.12. The summed E-state index contributed by atoms with van der Waals surface area (Å²) in [5.41, 5.74) is 1.62. The van der Waals surface area contributed by atoms with Crippen LogP contribution in [0, 0.1) is 11.3 Å². The summed E-state index contributed by atoms with van der Waals surface area (Å²) in [4.78, 5) is 7.04. The van der Waals surface area contributed by atoms with Gasteiger partial charge in [0.05, 0.1) is 6.54 Å². The SMILES string of the molecule is CC(C)(C)C1CCCN(Cc2nc(Cc3ccccc3)no2)CC1. The standard InChI is InChI=1S/C20H29N3O/c1-20(2,3)17-10-7-12-23(13-11-17)15-19-21-18(22-24-19)14-16-8-5-4-6-9-16/h4-6,8-9,17H,7,10-15H2,1-3H3. The Morgan fingerprint density at radius 1 is 1.12 bits per heavy atom. The quantitative estimate of drug-likeness (QED) is 0.839. The van der Waals surface area contributed by atoms with Crippen molar-refractivity contribution >= 4 is 0 Å². The highest BCUT2D eigenvalue weighted by Gasteiger charge is 2.27. The summed E-state index contributed by atoms with van der Waals surface area (Å²) in [6.45, 7) is 10.1. The van der Waals surface area contributed by atoms with Crippen molar-refractivity contribution in [3.05, 3.63) is 47.6 Å². The monoisotopic (exact) mass is 327 g/mol. The van der Waals surface area contributed by atoms with E-state index in [1.807, 2.05) is 18.2 Å². The fourth-order valence-electron chi connectivity index (χ4n) is 3.58. The minimum Gasteiger partial charge on any atom is -0.338 e. The van der Waals surface area contributed by atoms with Crippen molar-refractivity contribution in [2.24, 2.45) is 11.3 Å². The molecule has 0 amide bonds. The summed E-state index contributed by atoms with van der Waals surface area (Å²) in [6, 6.07) is 10.3. The van der Waals surface area contributed by atoms with Crippen molar-refractivity contribution in [2.75, 3.05) is 13.1 Å². The molecule has 4 nitrogen and oxygen atoms in total. The normalized spacial score (nSPS) is 20.0. The second-order valence-corrected chi connectivity index (χ2v) is 8.04. The Hall–Kier alpha value is -1.68. The van der Waals surface area contributed by atoms with Crippen molar-refractivity contribution in [3.63, 3.8) is 0 Å². The minimum absolute atomic E-state index is 0.406. The number of nitrogens with zero attached hydrogens (tertiary/aromatic N) is 3. The molecular formula is C20H29N3O. The highest BCUT2D eigenvalue weighted by molar-refractivity contribution is 5.18. The maximum Gasteiger partial charge on any atom is 0.240 e. The van der Waals surface area contributed by atoms with E-state index in [0.717, 1.165) is 43.7 Å². The van der Waals surface area contributed by atoms with Crippen molar-refractivity contribution in [1.82, 2.24) is 15.0 Å². The summed E-state index contributed by atoms with van der Waals surface area (Å²) < 4.78 is 5.47. The van der Waals surface area contributed by atoms with Gasteiger partial charge in [-0.3, -0.25) is 4.90 Å². The van der Waals surface area contributed by atoms with E-state index in [2.05, 4.69) is 47.9 Å². The van der Waals surface area contributed by atoms with Gasteiger partial charge in [-0.15, -0.1) is 0 Å². The molecule has 130 valence electrons. The largest absolute Gasteiger partial charge is 0.338 e. The van der Waals surface area contributed by atoms with Crippen molar-refractivity contribution in [3.8, 4) is 0 Å². The zero-order chi connectivity index (χ0) is 17.0. The Bertz CT molecular complexity index is 630. The lowest BCUT2D eigenvalue weighted by atomic mass is 9.77. The first-order valence-electron chi connectivity index (χ1n) is 9.08. The molecule has 0 bridgehead atoms. The van der Waals surface area contributed by atoms with Gasteiger partial charge in [0.25, 0.3) is 0 Å². The van der Waals surface area contributed by atoms with Crippen molar-refractivity contribution in [1.29, 1.82) is 0 Å². The number of aromatic nitrogens is 2. The van der Waals surface area contributed by atoms with E-state index < -0.39 is 0 Å². The van der Waals surface area contributed by atoms with Crippen LogP contribution in [0.1, 0.15) is 57.3 Å². The Kier molecular flexibility index (Phi) is 5.34. The lowest BCUT2D eigenvalue weighted by Crippen LogP contribution is -2.26. The average Bonchev–Trinajstić information content (AvgIpc) is 2.82. The summed E-state index contributed by atoms with van der Waals surface area (Å²) >= 11 is 0. The van der Waals surface area contributed by atoms with Crippen LogP contribution in [0.3, 0.4) is 0 Å². The van der Waals surface area contributed by atoms with Crippen LogP contribution in [0.25, 0.3) is 0 Å². The van der Waals surface area contributed by atoms with E-state index >= 15 is 0 Å². The smallest absolute Gasteiger partial charge is 0.240 e. The molecule has 2 aromatic rings. The van der Waals surface area contributed by atoms with Gasteiger partial charge in [-0.25, -0.2) is 0 Å². The molecule has 1 aliphatic heterocycles. The highest BCUT2D eigenvalue weighted by Crippen LogP contribution is 2.34. The summed E-state index contributed by atoms with van der Waals surface area (Å²) in [5, 5.41) is 4.14. The van der Waals surface area contributed by atoms with Gasteiger partial charge in [0.1, 0.15) is 0 Å². The first kappa shape index (κ1) is 17.2. The molecule has 1 aromatic heterocycles. The van der Waals surface area contributed by atoms with Gasteiger partial charge >= 0.3 is 0 Å². The van der Waals surface area contributed by atoms with Gasteiger partial charge in [-0.2, -0.15) is 4.98 Å². The number of hydrogen-bond acceptors (Lipinski definition) is 4. The van der Waals surface area contributed by atoms with E-state index in [1.165, 1.54) is 24.8 Å². The number of hydrogen-bond donors (Lipinski definition) is 0. The fraction of sp³-hybridized carbons (Fsp3) is 0.600. The van der Waals surface area contributed by atoms with E-state index in [0.29, 0.717) is 5.41 Å². The molecule has 2 heterocycles. The van der Waals surface area contributed by atoms with Gasteiger partial charge in [0.15, 0.2) is 5.82 Å². The van der Waals surface area contributed by atoms with Gasteiger partial charge in [-0.05, 0) is 49.2 Å². The predicted molar refractivity (Wildman–Crippen MR) is 95.6 cm³/mol. The van der Waals surface area contributed by atoms with Gasteiger partial charge in [-0.1, -0.05) is 56.3 Å². The van der Waals surface area contributed by atoms with Crippen LogP contribution in [0.15, 0.2) is 34.9 Å². The summed E-state index contributed by atoms with van der Waals surface area (Å²) in [5.74, 6) is 2.33. The number of rotatable bonds is 4. The molecular weight excluding hydrogens is 298 g/mol. The zero-order valence-electron chi connectivity index (χ0n) is 15.2. The molecule has 0 N–H and O–H groups in total. The van der Waals surface area contributed by atoms with Crippen LogP contribution < -0.4 is 0 Å². The average molecular weight is 327 g/mol. The van der Waals surface area contributed by atoms with E-state index in [9.17, 15) is 0 Å². The van der Waals surface area contributed by atoms with Crippen LogP contribution in [-0.2, 0) is 13.0 Å². The summed E-state index contributed by atoms with van der Waals surface area (Å²) in [7, 11) is 0. The van der Waals surface area contributed by atoms with E-state index in [4.69, 9.17) is 4.52 Å². The molecule has 1 saturated heterocycles.